The smallest absolute Gasteiger partial charge is 0.414 e. The highest BCUT2D eigenvalue weighted by Gasteiger charge is 2.42. The van der Waals surface area contributed by atoms with Gasteiger partial charge in [-0.3, -0.25) is 14.2 Å². The van der Waals surface area contributed by atoms with Crippen molar-refractivity contribution in [3.8, 4) is 11.8 Å². The summed E-state index contributed by atoms with van der Waals surface area (Å²) >= 11 is 0. The van der Waals surface area contributed by atoms with Crippen LogP contribution in [0.5, 0.6) is 0 Å². The number of ether oxygens (including phenoxy) is 2. The third-order valence-corrected chi connectivity index (χ3v) is 10.9. The average molecular weight is 588 g/mol. The number of hydrogen-bond donors (Lipinski definition) is 2. The third kappa shape index (κ3) is 9.06. The van der Waals surface area contributed by atoms with Crippen LogP contribution in [0.15, 0.2) is 16.1 Å². The number of amides is 2. The fraction of sp³-hybridized carbons (Fsp3) is 0.652. The normalized spacial score (nSPS) is 19.3. The van der Waals surface area contributed by atoms with Gasteiger partial charge in [0.25, 0.3) is 0 Å². The van der Waals surface area contributed by atoms with Crippen molar-refractivity contribution in [1.29, 1.82) is 0 Å². The summed E-state index contributed by atoms with van der Waals surface area (Å²) < 4.78 is 56.4. The number of rotatable bonds is 9. The second-order valence-corrected chi connectivity index (χ2v) is 15.2. The van der Waals surface area contributed by atoms with E-state index in [1.54, 1.807) is 5.32 Å². The van der Waals surface area contributed by atoms with Crippen molar-refractivity contribution >= 4 is 25.9 Å². The molecule has 2 amide bonds. The van der Waals surface area contributed by atoms with Crippen molar-refractivity contribution < 1.29 is 36.7 Å². The van der Waals surface area contributed by atoms with Crippen molar-refractivity contribution in [2.45, 2.75) is 76.9 Å². The Morgan fingerprint density at radius 2 is 2.02 bits per heavy atom. The molecule has 1 fully saturated rings. The van der Waals surface area contributed by atoms with E-state index in [1.165, 1.54) is 13.1 Å². The zero-order valence-corrected chi connectivity index (χ0v) is 24.0. The Labute approximate surface area is 229 Å². The molecule has 2 N–H and O–H groups in total. The second-order valence-electron chi connectivity index (χ2n) is 10.4. The summed E-state index contributed by atoms with van der Waals surface area (Å²) in [5, 5.41) is 7.26. The fourth-order valence-electron chi connectivity index (χ4n) is 3.25. The van der Waals surface area contributed by atoms with E-state index < -0.39 is 57.0 Å². The lowest BCUT2D eigenvalue weighted by Gasteiger charge is -2.37. The van der Waals surface area contributed by atoms with E-state index in [1.807, 2.05) is 0 Å². The van der Waals surface area contributed by atoms with Gasteiger partial charge in [0, 0.05) is 24.5 Å². The van der Waals surface area contributed by atoms with Gasteiger partial charge >= 0.3 is 17.8 Å². The van der Waals surface area contributed by atoms with E-state index in [9.17, 15) is 27.6 Å². The quantitative estimate of drug-likeness (QED) is 0.147. The second kappa shape index (κ2) is 13.3. The van der Waals surface area contributed by atoms with Crippen LogP contribution < -0.4 is 16.3 Å². The summed E-state index contributed by atoms with van der Waals surface area (Å²) in [6, 6.07) is 0. The molecule has 1 aliphatic heterocycles. The molecule has 3 atom stereocenters. The number of anilines is 1. The summed E-state index contributed by atoms with van der Waals surface area (Å²) in [6.45, 7) is 10.7. The highest BCUT2D eigenvalue weighted by molar-refractivity contribution is 6.74. The molecule has 40 heavy (non-hydrogen) atoms. The van der Waals surface area contributed by atoms with E-state index in [0.717, 1.165) is 4.57 Å². The van der Waals surface area contributed by atoms with Crippen molar-refractivity contribution in [1.82, 2.24) is 14.9 Å². The molecule has 13 nitrogen and oxygen atoms in total. The van der Waals surface area contributed by atoms with E-state index in [4.69, 9.17) is 19.4 Å². The molecule has 0 aliphatic carbocycles. The first kappa shape index (κ1) is 32.8. The van der Waals surface area contributed by atoms with Crippen LogP contribution in [0.2, 0.25) is 18.1 Å². The van der Waals surface area contributed by atoms with Crippen LogP contribution in [-0.4, -0.2) is 67.9 Å². The summed E-state index contributed by atoms with van der Waals surface area (Å²) in [4.78, 5) is 42.0. The molecule has 2 heterocycles. The van der Waals surface area contributed by atoms with Crippen LogP contribution in [0, 0.1) is 11.8 Å². The zero-order valence-electron chi connectivity index (χ0n) is 23.0. The van der Waals surface area contributed by atoms with Gasteiger partial charge in [-0.2, -0.15) is 18.2 Å². The Hall–Kier alpha value is -3.42. The third-order valence-electron chi connectivity index (χ3n) is 6.38. The number of carbonyl (C=O) groups excluding carboxylic acids is 2. The first-order chi connectivity index (χ1) is 18.5. The van der Waals surface area contributed by atoms with Gasteiger partial charge in [0.1, 0.15) is 19.1 Å². The van der Waals surface area contributed by atoms with Crippen LogP contribution in [0.3, 0.4) is 0 Å². The largest absolute Gasteiger partial charge is 0.471 e. The number of halogens is 3. The average Bonchev–Trinajstić information content (AvgIpc) is 3.22. The predicted octanol–water partition coefficient (Wildman–Crippen LogP) is 3.19. The van der Waals surface area contributed by atoms with Crippen LogP contribution >= 0.6 is 0 Å². The van der Waals surface area contributed by atoms with Gasteiger partial charge in [-0.1, -0.05) is 37.7 Å². The van der Waals surface area contributed by atoms with Crippen molar-refractivity contribution in [3.05, 3.63) is 32.7 Å². The van der Waals surface area contributed by atoms with Gasteiger partial charge in [0.05, 0.1) is 24.8 Å². The first-order valence-electron chi connectivity index (χ1n) is 12.1. The van der Waals surface area contributed by atoms with Gasteiger partial charge in [-0.15, -0.1) is 0 Å². The minimum Gasteiger partial charge on any atom is -0.414 e. The molecule has 0 spiro atoms. The zero-order chi connectivity index (χ0) is 30.3. The van der Waals surface area contributed by atoms with Crippen LogP contribution in [0.4, 0.5) is 19.0 Å². The van der Waals surface area contributed by atoms with Gasteiger partial charge < -0.3 is 24.5 Å². The van der Waals surface area contributed by atoms with Gasteiger partial charge in [0.2, 0.25) is 5.91 Å². The summed E-state index contributed by atoms with van der Waals surface area (Å²) in [7, 11) is -2.18. The molecule has 220 valence electrons. The van der Waals surface area contributed by atoms with Gasteiger partial charge in [-0.05, 0) is 23.7 Å². The maximum absolute atomic E-state index is 12.9. The minimum absolute atomic E-state index is 0.00724. The lowest BCUT2D eigenvalue weighted by atomic mass is 10.2. The monoisotopic (exact) mass is 587 g/mol. The Morgan fingerprint density at radius 3 is 2.60 bits per heavy atom. The van der Waals surface area contributed by atoms with E-state index in [0.29, 0.717) is 0 Å². The lowest BCUT2D eigenvalue weighted by Crippen LogP contribution is -2.44. The molecule has 0 radical (unpaired) electrons. The molecule has 0 saturated carbocycles. The molecular formula is C23H32F3N7O6Si. The maximum Gasteiger partial charge on any atom is 0.471 e. The maximum atomic E-state index is 12.9. The summed E-state index contributed by atoms with van der Waals surface area (Å²) in [6.07, 6.45) is -5.86. The minimum atomic E-state index is -5.07. The van der Waals surface area contributed by atoms with E-state index in [-0.39, 0.29) is 36.2 Å². The van der Waals surface area contributed by atoms with Crippen molar-refractivity contribution in [2.75, 3.05) is 25.2 Å². The molecule has 0 bridgehead atoms. The van der Waals surface area contributed by atoms with E-state index in [2.05, 4.69) is 66.0 Å². The molecule has 1 aliphatic rings. The number of carbonyl (C=O) groups is 2. The van der Waals surface area contributed by atoms with Crippen molar-refractivity contribution in [3.63, 3.8) is 0 Å². The fourth-order valence-corrected chi connectivity index (χ4v) is 4.27. The van der Waals surface area contributed by atoms with Crippen LogP contribution in [-0.2, 0) is 23.5 Å². The Morgan fingerprint density at radius 1 is 1.35 bits per heavy atom. The molecule has 2 rings (SSSR count). The molecule has 0 aromatic carbocycles. The highest BCUT2D eigenvalue weighted by atomic mass is 28.4. The topological polar surface area (TPSA) is 170 Å². The van der Waals surface area contributed by atoms with Crippen LogP contribution in [0.25, 0.3) is 10.4 Å². The summed E-state index contributed by atoms with van der Waals surface area (Å²) in [5.41, 5.74) is 7.79. The Balaban J connectivity index is 2.35. The van der Waals surface area contributed by atoms with Crippen LogP contribution in [0.1, 0.15) is 45.9 Å². The number of hydrogen-bond acceptors (Lipinski definition) is 8. The summed E-state index contributed by atoms with van der Waals surface area (Å²) in [5.74, 6) is 1.91. The predicted molar refractivity (Wildman–Crippen MR) is 139 cm³/mol. The number of nitrogens with zero attached hydrogens (tertiary/aromatic N) is 5. The molecule has 1 aromatic rings. The first-order valence-corrected chi connectivity index (χ1v) is 15.0. The number of azide groups is 1. The molecule has 1 aromatic heterocycles. The van der Waals surface area contributed by atoms with Gasteiger partial charge in [-0.25, -0.2) is 4.79 Å². The Bertz CT molecular complexity index is 1260. The van der Waals surface area contributed by atoms with Gasteiger partial charge in [0.15, 0.2) is 14.1 Å². The lowest BCUT2D eigenvalue weighted by molar-refractivity contribution is -0.173. The SMILES string of the molecule is CC(=O)Nc1nc(=O)n(C2CC(OCN=[N+]=[N-])C(CO[Si](C)(C)C(C)(C)C)O2)cc1C#CCNC(=O)C(F)(F)F. The number of alkyl halides is 3. The number of aromatic nitrogens is 2. The molecule has 17 heteroatoms. The highest BCUT2D eigenvalue weighted by Crippen LogP contribution is 2.38. The molecule has 3 unspecified atom stereocenters. The standard InChI is InChI=1S/C23H32F3N7O6Si/c1-14(34)30-19-15(8-7-9-28-20(35)23(24,25)26)11-33(21(36)31-19)18-10-16(37-13-29-32-27)17(39-18)12-38-40(5,6)22(2,3)4/h11,16-18H,9-10,12-13H2,1-6H3,(H,28,35)(H,30,31,34,36). The van der Waals surface area contributed by atoms with Crippen molar-refractivity contribution in [2.24, 2.45) is 5.11 Å². The van der Waals surface area contributed by atoms with E-state index >= 15 is 0 Å². The Kier molecular flexibility index (Phi) is 10.9. The molecule has 1 saturated heterocycles. The number of nitrogens with one attached hydrogen (secondary N) is 2. The molecular weight excluding hydrogens is 555 g/mol.